The predicted octanol–water partition coefficient (Wildman–Crippen LogP) is 1.15. The zero-order valence-corrected chi connectivity index (χ0v) is 17.0. The molecule has 4 atom stereocenters. The summed E-state index contributed by atoms with van der Waals surface area (Å²) >= 11 is 0. The van der Waals surface area contributed by atoms with Gasteiger partial charge in [0, 0.05) is 0 Å². The first kappa shape index (κ1) is 21.5. The van der Waals surface area contributed by atoms with Crippen molar-refractivity contribution in [2.45, 2.75) is 44.2 Å². The molecule has 3 aromatic rings. The van der Waals surface area contributed by atoms with Gasteiger partial charge >= 0.3 is 0 Å². The van der Waals surface area contributed by atoms with Gasteiger partial charge < -0.3 is 24.7 Å². The number of aromatic amines is 1. The molecule has 3 N–H and O–H groups in total. The van der Waals surface area contributed by atoms with E-state index in [9.17, 15) is 22.4 Å². The standard InChI is InChI=1S/C18H16F4N6O5/c1-18(2)32-9-5(3-30-10-6(19)12(21)25-13(22)7(10)20)31-16(11(9)33-18)28-4-24-8-14(28)26-17(23)27-15(8)29/h4-5,9,11,16H,3H2,1-2H3,(H3,23,26,27,29)/t5-,9-,11-,16-/m1/s1. The summed E-state index contributed by atoms with van der Waals surface area (Å²) in [6, 6.07) is 0. The molecule has 15 heteroatoms. The Labute approximate surface area is 181 Å². The van der Waals surface area contributed by atoms with Gasteiger partial charge in [-0.15, -0.1) is 0 Å². The van der Waals surface area contributed by atoms with E-state index in [0.717, 1.165) is 0 Å². The van der Waals surface area contributed by atoms with Crippen LogP contribution in [-0.2, 0) is 14.2 Å². The van der Waals surface area contributed by atoms with Gasteiger partial charge in [0.2, 0.25) is 23.3 Å². The Hall–Kier alpha value is -3.30. The van der Waals surface area contributed by atoms with Gasteiger partial charge in [-0.1, -0.05) is 0 Å². The summed E-state index contributed by atoms with van der Waals surface area (Å²) in [5.74, 6) is -9.79. The van der Waals surface area contributed by atoms with Crippen molar-refractivity contribution in [2.24, 2.45) is 0 Å². The molecule has 0 unspecified atom stereocenters. The van der Waals surface area contributed by atoms with E-state index in [1.54, 1.807) is 13.8 Å². The summed E-state index contributed by atoms with van der Waals surface area (Å²) in [7, 11) is 0. The summed E-state index contributed by atoms with van der Waals surface area (Å²) in [6.45, 7) is 2.72. The SMILES string of the molecule is CC1(C)O[C@@H]2[C@H](O1)[C@@H](COc1c(F)c(F)nc(F)c1F)O[C@H]2n1cnc2c(=O)[nH]c(N)nc21. The van der Waals surface area contributed by atoms with Crippen LogP contribution in [0.4, 0.5) is 23.5 Å². The van der Waals surface area contributed by atoms with Crippen molar-refractivity contribution in [3.8, 4) is 5.75 Å². The lowest BCUT2D eigenvalue weighted by Gasteiger charge is -2.24. The van der Waals surface area contributed by atoms with Crippen LogP contribution in [0.15, 0.2) is 11.1 Å². The molecule has 0 aliphatic carbocycles. The van der Waals surface area contributed by atoms with E-state index in [0.29, 0.717) is 0 Å². The monoisotopic (exact) mass is 472 g/mol. The van der Waals surface area contributed by atoms with Gasteiger partial charge in [0.25, 0.3) is 17.5 Å². The molecule has 3 aromatic heterocycles. The Kier molecular flexibility index (Phi) is 4.80. The number of hydrogen-bond acceptors (Lipinski definition) is 9. The molecule has 11 nitrogen and oxygen atoms in total. The number of anilines is 1. The first-order chi connectivity index (χ1) is 15.6. The van der Waals surface area contributed by atoms with E-state index in [-0.39, 0.29) is 17.1 Å². The summed E-state index contributed by atoms with van der Waals surface area (Å²) in [5, 5.41) is 0. The lowest BCUT2D eigenvalue weighted by Crippen LogP contribution is -2.34. The average molecular weight is 472 g/mol. The largest absolute Gasteiger partial charge is 0.484 e. The van der Waals surface area contributed by atoms with Crippen molar-refractivity contribution in [2.75, 3.05) is 12.3 Å². The van der Waals surface area contributed by atoms with E-state index in [4.69, 9.17) is 24.7 Å². The lowest BCUT2D eigenvalue weighted by atomic mass is 10.1. The summed E-state index contributed by atoms with van der Waals surface area (Å²) < 4.78 is 78.8. The second kappa shape index (κ2) is 7.36. The second-order valence-corrected chi connectivity index (χ2v) is 7.87. The Balaban J connectivity index is 1.47. The number of rotatable bonds is 4. The van der Waals surface area contributed by atoms with Crippen molar-refractivity contribution >= 4 is 17.1 Å². The van der Waals surface area contributed by atoms with Gasteiger partial charge in [-0.25, -0.2) is 4.98 Å². The summed E-state index contributed by atoms with van der Waals surface area (Å²) in [4.78, 5) is 25.0. The number of nitrogen functional groups attached to an aromatic ring is 1. The molecule has 2 saturated heterocycles. The highest BCUT2D eigenvalue weighted by molar-refractivity contribution is 5.70. The third kappa shape index (κ3) is 3.48. The first-order valence-electron chi connectivity index (χ1n) is 9.62. The number of H-pyrrole nitrogens is 1. The van der Waals surface area contributed by atoms with Gasteiger partial charge in [0.15, 0.2) is 23.2 Å². The van der Waals surface area contributed by atoms with E-state index < -0.39 is 71.8 Å². The number of pyridine rings is 1. The minimum absolute atomic E-state index is 0.00546. The number of nitrogens with one attached hydrogen (secondary N) is 1. The van der Waals surface area contributed by atoms with Gasteiger partial charge in [-0.05, 0) is 13.8 Å². The lowest BCUT2D eigenvalue weighted by molar-refractivity contribution is -0.199. The highest BCUT2D eigenvalue weighted by Crippen LogP contribution is 2.44. The van der Waals surface area contributed by atoms with Gasteiger partial charge in [0.05, 0.1) is 6.33 Å². The fourth-order valence-electron chi connectivity index (χ4n) is 3.91. The van der Waals surface area contributed by atoms with Crippen LogP contribution < -0.4 is 16.0 Å². The maximum Gasteiger partial charge on any atom is 0.280 e. The molecular weight excluding hydrogens is 456 g/mol. The van der Waals surface area contributed by atoms with Gasteiger partial charge in [0.1, 0.15) is 24.9 Å². The number of imidazole rings is 1. The number of fused-ring (bicyclic) bond motifs is 2. The fraction of sp³-hybridized carbons (Fsp3) is 0.444. The van der Waals surface area contributed by atoms with Crippen LogP contribution in [0.5, 0.6) is 5.75 Å². The molecule has 5 heterocycles. The van der Waals surface area contributed by atoms with Crippen LogP contribution in [0, 0.1) is 23.5 Å². The highest BCUT2D eigenvalue weighted by Gasteiger charge is 2.56. The zero-order valence-electron chi connectivity index (χ0n) is 17.0. The predicted molar refractivity (Wildman–Crippen MR) is 99.9 cm³/mol. The van der Waals surface area contributed by atoms with Crippen LogP contribution in [0.25, 0.3) is 11.2 Å². The van der Waals surface area contributed by atoms with Crippen LogP contribution in [-0.4, -0.2) is 55.2 Å². The molecule has 5 rings (SSSR count). The van der Waals surface area contributed by atoms with Crippen molar-refractivity contribution in [1.82, 2.24) is 24.5 Å². The quantitative estimate of drug-likeness (QED) is 0.423. The van der Waals surface area contributed by atoms with Crippen molar-refractivity contribution < 1.29 is 36.5 Å². The van der Waals surface area contributed by atoms with E-state index >= 15 is 0 Å². The Morgan fingerprint density at radius 3 is 2.52 bits per heavy atom. The average Bonchev–Trinajstić information content (AvgIpc) is 3.37. The van der Waals surface area contributed by atoms with Crippen LogP contribution in [0.2, 0.25) is 0 Å². The minimum atomic E-state index is -1.85. The normalized spacial score (nSPS) is 26.1. The number of halogens is 4. The van der Waals surface area contributed by atoms with Crippen molar-refractivity contribution in [3.05, 3.63) is 40.2 Å². The van der Waals surface area contributed by atoms with E-state index in [2.05, 4.69) is 19.9 Å². The molecule has 0 bridgehead atoms. The molecule has 0 amide bonds. The Morgan fingerprint density at radius 2 is 1.82 bits per heavy atom. The topological polar surface area (TPSA) is 139 Å². The molecule has 2 fully saturated rings. The maximum atomic E-state index is 13.9. The second-order valence-electron chi connectivity index (χ2n) is 7.87. The van der Waals surface area contributed by atoms with Gasteiger partial charge in [-0.2, -0.15) is 27.5 Å². The first-order valence-corrected chi connectivity index (χ1v) is 9.62. The number of hydrogen-bond donors (Lipinski definition) is 2. The maximum absolute atomic E-state index is 13.9. The molecule has 176 valence electrons. The number of aromatic nitrogens is 5. The van der Waals surface area contributed by atoms with Gasteiger partial charge in [-0.3, -0.25) is 14.3 Å². The molecule has 33 heavy (non-hydrogen) atoms. The number of ether oxygens (including phenoxy) is 4. The molecule has 0 aromatic carbocycles. The molecule has 0 radical (unpaired) electrons. The number of nitrogens with zero attached hydrogens (tertiary/aromatic N) is 4. The van der Waals surface area contributed by atoms with E-state index in [1.165, 1.54) is 10.9 Å². The smallest absolute Gasteiger partial charge is 0.280 e. The molecule has 0 spiro atoms. The Morgan fingerprint density at radius 1 is 1.15 bits per heavy atom. The fourth-order valence-corrected chi connectivity index (χ4v) is 3.91. The minimum Gasteiger partial charge on any atom is -0.484 e. The van der Waals surface area contributed by atoms with Crippen LogP contribution in [0.1, 0.15) is 20.1 Å². The molecule has 0 saturated carbocycles. The Bertz CT molecular complexity index is 1290. The number of nitrogens with two attached hydrogens (primary N) is 1. The highest BCUT2D eigenvalue weighted by atomic mass is 19.2. The van der Waals surface area contributed by atoms with Crippen LogP contribution in [0.3, 0.4) is 0 Å². The molecule has 2 aliphatic rings. The third-order valence-electron chi connectivity index (χ3n) is 5.20. The zero-order chi connectivity index (χ0) is 23.7. The summed E-state index contributed by atoms with van der Waals surface area (Å²) in [6.07, 6.45) is -2.27. The molecular formula is C18H16F4N6O5. The molecule has 2 aliphatic heterocycles. The van der Waals surface area contributed by atoms with E-state index in [1.807, 2.05) is 0 Å². The summed E-state index contributed by atoms with van der Waals surface area (Å²) in [5.41, 5.74) is 5.16. The van der Waals surface area contributed by atoms with Crippen molar-refractivity contribution in [1.29, 1.82) is 0 Å². The van der Waals surface area contributed by atoms with Crippen LogP contribution >= 0.6 is 0 Å². The van der Waals surface area contributed by atoms with Crippen molar-refractivity contribution in [3.63, 3.8) is 0 Å². The third-order valence-corrected chi connectivity index (χ3v) is 5.20.